The van der Waals surface area contributed by atoms with Gasteiger partial charge in [0.25, 0.3) is 0 Å². The monoisotopic (exact) mass is 254 g/mol. The highest BCUT2D eigenvalue weighted by molar-refractivity contribution is 7.91. The van der Waals surface area contributed by atoms with Gasteiger partial charge in [-0.1, -0.05) is 6.07 Å². The van der Waals surface area contributed by atoms with Gasteiger partial charge in [-0.3, -0.25) is 9.78 Å². The van der Waals surface area contributed by atoms with Crippen LogP contribution in [0.4, 0.5) is 0 Å². The Bertz CT molecular complexity index is 499. The van der Waals surface area contributed by atoms with Crippen LogP contribution in [-0.4, -0.2) is 36.9 Å². The highest BCUT2D eigenvalue weighted by Gasteiger charge is 2.28. The summed E-state index contributed by atoms with van der Waals surface area (Å²) in [6.07, 6.45) is 2.33. The van der Waals surface area contributed by atoms with E-state index < -0.39 is 9.84 Å². The van der Waals surface area contributed by atoms with Crippen molar-refractivity contribution in [2.24, 2.45) is 0 Å². The molecule has 0 spiro atoms. The van der Waals surface area contributed by atoms with Crippen molar-refractivity contribution in [3.63, 3.8) is 0 Å². The minimum absolute atomic E-state index is 0.0565. The van der Waals surface area contributed by atoms with Gasteiger partial charge < -0.3 is 5.32 Å². The highest BCUT2D eigenvalue weighted by Crippen LogP contribution is 2.11. The van der Waals surface area contributed by atoms with Crippen LogP contribution in [0, 0.1) is 0 Å². The van der Waals surface area contributed by atoms with E-state index in [-0.39, 0.29) is 29.9 Å². The summed E-state index contributed by atoms with van der Waals surface area (Å²) in [5.74, 6) is 0.0495. The topological polar surface area (TPSA) is 76.1 Å². The Morgan fingerprint density at radius 1 is 1.47 bits per heavy atom. The number of aromatic nitrogens is 1. The minimum atomic E-state index is -2.94. The molecule has 6 heteroatoms. The fraction of sp³-hybridized carbons (Fsp3) is 0.455. The standard InChI is InChI=1S/C11H14N2O3S/c14-11(7-9-3-1-2-5-12-9)13-10-4-6-17(15,16)8-10/h1-3,5,10H,4,6-8H2,(H,13,14). The Hall–Kier alpha value is -1.43. The van der Waals surface area contributed by atoms with Crippen LogP contribution in [-0.2, 0) is 21.1 Å². The summed E-state index contributed by atoms with van der Waals surface area (Å²) in [5, 5.41) is 2.72. The van der Waals surface area contributed by atoms with E-state index in [2.05, 4.69) is 10.3 Å². The summed E-state index contributed by atoms with van der Waals surface area (Å²) in [6, 6.07) is 5.13. The molecule has 0 aromatic carbocycles. The largest absolute Gasteiger partial charge is 0.352 e. The number of nitrogens with zero attached hydrogens (tertiary/aromatic N) is 1. The molecule has 1 amide bonds. The van der Waals surface area contributed by atoms with Gasteiger partial charge in [-0.05, 0) is 18.6 Å². The van der Waals surface area contributed by atoms with E-state index in [9.17, 15) is 13.2 Å². The van der Waals surface area contributed by atoms with Crippen molar-refractivity contribution in [1.29, 1.82) is 0 Å². The number of carbonyl (C=O) groups excluding carboxylic acids is 1. The van der Waals surface area contributed by atoms with Gasteiger partial charge in [0, 0.05) is 17.9 Å². The zero-order valence-corrected chi connectivity index (χ0v) is 10.1. The molecule has 1 N–H and O–H groups in total. The molecule has 0 aliphatic carbocycles. The van der Waals surface area contributed by atoms with Gasteiger partial charge in [-0.2, -0.15) is 0 Å². The lowest BCUT2D eigenvalue weighted by Gasteiger charge is -2.10. The van der Waals surface area contributed by atoms with Crippen molar-refractivity contribution >= 4 is 15.7 Å². The first-order valence-corrected chi connectivity index (χ1v) is 7.27. The van der Waals surface area contributed by atoms with Crippen LogP contribution >= 0.6 is 0 Å². The van der Waals surface area contributed by atoms with Gasteiger partial charge in [0.05, 0.1) is 17.9 Å². The molecule has 2 rings (SSSR count). The molecule has 1 saturated heterocycles. The second-order valence-corrected chi connectivity index (χ2v) is 6.39. The fourth-order valence-electron chi connectivity index (χ4n) is 1.85. The Morgan fingerprint density at radius 2 is 2.29 bits per heavy atom. The lowest BCUT2D eigenvalue weighted by atomic mass is 10.2. The first kappa shape index (κ1) is 12.0. The van der Waals surface area contributed by atoms with E-state index in [0.29, 0.717) is 12.1 Å². The Kier molecular flexibility index (Phi) is 3.42. The zero-order valence-electron chi connectivity index (χ0n) is 9.30. The maximum Gasteiger partial charge on any atom is 0.226 e. The van der Waals surface area contributed by atoms with Crippen molar-refractivity contribution in [3.8, 4) is 0 Å². The summed E-state index contributed by atoms with van der Waals surface area (Å²) in [4.78, 5) is 15.7. The molecule has 0 bridgehead atoms. The van der Waals surface area contributed by atoms with E-state index in [1.54, 1.807) is 18.3 Å². The van der Waals surface area contributed by atoms with Gasteiger partial charge in [0.2, 0.25) is 5.91 Å². The highest BCUT2D eigenvalue weighted by atomic mass is 32.2. The predicted octanol–water partition coefficient (Wildman–Crippen LogP) is -0.0726. The number of hydrogen-bond donors (Lipinski definition) is 1. The van der Waals surface area contributed by atoms with Crippen molar-refractivity contribution < 1.29 is 13.2 Å². The smallest absolute Gasteiger partial charge is 0.226 e. The predicted molar refractivity (Wildman–Crippen MR) is 63.1 cm³/mol. The summed E-state index contributed by atoms with van der Waals surface area (Å²) in [7, 11) is -2.94. The first-order valence-electron chi connectivity index (χ1n) is 5.45. The van der Waals surface area contributed by atoms with Gasteiger partial charge >= 0.3 is 0 Å². The minimum Gasteiger partial charge on any atom is -0.352 e. The number of sulfone groups is 1. The summed E-state index contributed by atoms with van der Waals surface area (Å²) in [6.45, 7) is 0. The summed E-state index contributed by atoms with van der Waals surface area (Å²) < 4.78 is 22.4. The molecule has 17 heavy (non-hydrogen) atoms. The van der Waals surface area contributed by atoms with Crippen LogP contribution in [0.15, 0.2) is 24.4 Å². The Balaban J connectivity index is 1.87. The molecule has 5 nitrogen and oxygen atoms in total. The third-order valence-corrected chi connectivity index (χ3v) is 4.43. The molecule has 1 fully saturated rings. The number of amides is 1. The number of hydrogen-bond acceptors (Lipinski definition) is 4. The average molecular weight is 254 g/mol. The lowest BCUT2D eigenvalue weighted by Crippen LogP contribution is -2.36. The Labute approximate surface area is 100 Å². The van der Waals surface area contributed by atoms with Crippen molar-refractivity contribution in [2.45, 2.75) is 18.9 Å². The Morgan fingerprint density at radius 3 is 2.88 bits per heavy atom. The van der Waals surface area contributed by atoms with Crippen molar-refractivity contribution in [3.05, 3.63) is 30.1 Å². The fourth-order valence-corrected chi connectivity index (χ4v) is 3.53. The van der Waals surface area contributed by atoms with E-state index in [1.165, 1.54) is 0 Å². The van der Waals surface area contributed by atoms with E-state index in [4.69, 9.17) is 0 Å². The van der Waals surface area contributed by atoms with Crippen LogP contribution in [0.5, 0.6) is 0 Å². The lowest BCUT2D eigenvalue weighted by molar-refractivity contribution is -0.121. The van der Waals surface area contributed by atoms with Crippen LogP contribution < -0.4 is 5.32 Å². The number of carbonyl (C=O) groups is 1. The molecule has 2 heterocycles. The van der Waals surface area contributed by atoms with Gasteiger partial charge in [-0.25, -0.2) is 8.42 Å². The molecule has 0 radical (unpaired) electrons. The van der Waals surface area contributed by atoms with Crippen LogP contribution in [0.1, 0.15) is 12.1 Å². The molecule has 1 atom stereocenters. The molecule has 0 saturated carbocycles. The molecule has 1 unspecified atom stereocenters. The molecular weight excluding hydrogens is 240 g/mol. The zero-order chi connectivity index (χ0) is 12.3. The summed E-state index contributed by atoms with van der Waals surface area (Å²) in [5.41, 5.74) is 0.686. The second kappa shape index (κ2) is 4.83. The number of pyridine rings is 1. The SMILES string of the molecule is O=C(Cc1ccccn1)NC1CCS(=O)(=O)C1. The van der Waals surface area contributed by atoms with Gasteiger partial charge in [0.1, 0.15) is 0 Å². The molecule has 1 aromatic heterocycles. The number of nitrogens with one attached hydrogen (secondary N) is 1. The van der Waals surface area contributed by atoms with Gasteiger partial charge in [-0.15, -0.1) is 0 Å². The van der Waals surface area contributed by atoms with Crippen LogP contribution in [0.3, 0.4) is 0 Å². The van der Waals surface area contributed by atoms with Gasteiger partial charge in [0.15, 0.2) is 9.84 Å². The maximum absolute atomic E-state index is 11.6. The van der Waals surface area contributed by atoms with Crippen LogP contribution in [0.2, 0.25) is 0 Å². The van der Waals surface area contributed by atoms with Crippen molar-refractivity contribution in [1.82, 2.24) is 10.3 Å². The first-order chi connectivity index (χ1) is 8.05. The van der Waals surface area contributed by atoms with E-state index >= 15 is 0 Å². The molecule has 1 aromatic rings. The molecule has 1 aliphatic heterocycles. The number of rotatable bonds is 3. The molecular formula is C11H14N2O3S. The third kappa shape index (κ3) is 3.52. The molecule has 92 valence electrons. The van der Waals surface area contributed by atoms with E-state index in [0.717, 1.165) is 0 Å². The molecule has 1 aliphatic rings. The van der Waals surface area contributed by atoms with E-state index in [1.807, 2.05) is 6.07 Å². The maximum atomic E-state index is 11.6. The van der Waals surface area contributed by atoms with Crippen molar-refractivity contribution in [2.75, 3.05) is 11.5 Å². The normalized spacial score (nSPS) is 22.2. The summed E-state index contributed by atoms with van der Waals surface area (Å²) >= 11 is 0. The average Bonchev–Trinajstić information content (AvgIpc) is 2.59. The third-order valence-electron chi connectivity index (χ3n) is 2.67. The second-order valence-electron chi connectivity index (χ2n) is 4.17. The quantitative estimate of drug-likeness (QED) is 0.819. The van der Waals surface area contributed by atoms with Crippen LogP contribution in [0.25, 0.3) is 0 Å².